The van der Waals surface area contributed by atoms with E-state index in [-0.39, 0.29) is 18.4 Å². The molecule has 2 aromatic carbocycles. The van der Waals surface area contributed by atoms with Crippen LogP contribution in [-0.4, -0.2) is 71.0 Å². The van der Waals surface area contributed by atoms with Crippen LogP contribution in [0.3, 0.4) is 0 Å². The number of nitrogens with zero attached hydrogens (tertiary/aromatic N) is 4. The van der Waals surface area contributed by atoms with Crippen molar-refractivity contribution in [1.82, 2.24) is 19.8 Å². The summed E-state index contributed by atoms with van der Waals surface area (Å²) in [6, 6.07) is 16.5. The number of carbonyl (C=O) groups is 2. The molecule has 0 unspecified atom stereocenters. The molecule has 0 bridgehead atoms. The minimum atomic E-state index is -0.0474. The Morgan fingerprint density at radius 1 is 0.972 bits per heavy atom. The van der Waals surface area contributed by atoms with Gasteiger partial charge >= 0.3 is 0 Å². The molecule has 1 N–H and O–H groups in total. The molecule has 0 spiro atoms. The molecular formula is C27H30ClN5O3. The number of hydrogen-bond acceptors (Lipinski definition) is 6. The van der Waals surface area contributed by atoms with Crippen LogP contribution in [0.1, 0.15) is 30.1 Å². The molecule has 1 fully saturated rings. The van der Waals surface area contributed by atoms with E-state index in [2.05, 4.69) is 22.2 Å². The van der Waals surface area contributed by atoms with Crippen LogP contribution in [0, 0.1) is 0 Å². The number of anilines is 2. The fourth-order valence-corrected chi connectivity index (χ4v) is 3.99. The first kappa shape index (κ1) is 25.6. The second-order valence-electron chi connectivity index (χ2n) is 8.55. The van der Waals surface area contributed by atoms with Gasteiger partial charge in [0, 0.05) is 60.8 Å². The molecule has 1 aliphatic rings. The maximum atomic E-state index is 13.0. The molecule has 1 aliphatic heterocycles. The largest absolute Gasteiger partial charge is 0.372 e. The molecule has 188 valence electrons. The summed E-state index contributed by atoms with van der Waals surface area (Å²) in [5, 5.41) is 3.85. The standard InChI is InChI=1S/C27H30ClN5O3/c1-2-3-18-36-19-25(34)32-14-16-33(17-15-32)26(35)21-6-10-23(11-7-21)30-27-29-13-12-24(31-27)20-4-8-22(28)9-5-20/h4-13H,2-3,14-19H2,1H3,(H,29,30,31). The van der Waals surface area contributed by atoms with Crippen LogP contribution in [0.4, 0.5) is 11.6 Å². The van der Waals surface area contributed by atoms with Gasteiger partial charge in [0.05, 0.1) is 5.69 Å². The Balaban J connectivity index is 1.30. The fraction of sp³-hybridized carbons (Fsp3) is 0.333. The first-order valence-electron chi connectivity index (χ1n) is 12.1. The first-order valence-corrected chi connectivity index (χ1v) is 12.5. The van der Waals surface area contributed by atoms with Crippen molar-refractivity contribution in [2.24, 2.45) is 0 Å². The van der Waals surface area contributed by atoms with E-state index in [4.69, 9.17) is 16.3 Å². The average molecular weight is 508 g/mol. The van der Waals surface area contributed by atoms with Gasteiger partial charge in [0.25, 0.3) is 5.91 Å². The van der Waals surface area contributed by atoms with Crippen molar-refractivity contribution in [3.8, 4) is 11.3 Å². The quantitative estimate of drug-likeness (QED) is 0.424. The highest BCUT2D eigenvalue weighted by Gasteiger charge is 2.24. The predicted molar refractivity (Wildman–Crippen MR) is 140 cm³/mol. The topological polar surface area (TPSA) is 87.7 Å². The molecule has 36 heavy (non-hydrogen) atoms. The molecule has 2 heterocycles. The summed E-state index contributed by atoms with van der Waals surface area (Å²) in [6.45, 7) is 4.84. The molecule has 8 nitrogen and oxygen atoms in total. The van der Waals surface area contributed by atoms with E-state index in [1.807, 2.05) is 42.5 Å². The van der Waals surface area contributed by atoms with E-state index < -0.39 is 0 Å². The predicted octanol–water partition coefficient (Wildman–Crippen LogP) is 4.64. The lowest BCUT2D eigenvalue weighted by atomic mass is 10.1. The molecule has 0 aliphatic carbocycles. The van der Waals surface area contributed by atoms with Crippen LogP contribution in [0.15, 0.2) is 60.8 Å². The summed E-state index contributed by atoms with van der Waals surface area (Å²) < 4.78 is 5.43. The first-order chi connectivity index (χ1) is 17.5. The van der Waals surface area contributed by atoms with E-state index in [1.54, 1.807) is 28.1 Å². The van der Waals surface area contributed by atoms with Crippen LogP contribution >= 0.6 is 11.6 Å². The average Bonchev–Trinajstić information content (AvgIpc) is 2.92. The van der Waals surface area contributed by atoms with E-state index in [9.17, 15) is 9.59 Å². The van der Waals surface area contributed by atoms with E-state index in [1.165, 1.54) is 0 Å². The van der Waals surface area contributed by atoms with Crippen LogP contribution in [0.25, 0.3) is 11.3 Å². The summed E-state index contributed by atoms with van der Waals surface area (Å²) in [4.78, 5) is 37.6. The van der Waals surface area contributed by atoms with Crippen molar-refractivity contribution < 1.29 is 14.3 Å². The highest BCUT2D eigenvalue weighted by atomic mass is 35.5. The van der Waals surface area contributed by atoms with Crippen molar-refractivity contribution in [1.29, 1.82) is 0 Å². The van der Waals surface area contributed by atoms with Crippen LogP contribution in [-0.2, 0) is 9.53 Å². The molecule has 0 saturated carbocycles. The van der Waals surface area contributed by atoms with Crippen LogP contribution in [0.5, 0.6) is 0 Å². The fourth-order valence-electron chi connectivity index (χ4n) is 3.86. The lowest BCUT2D eigenvalue weighted by molar-refractivity contribution is -0.137. The van der Waals surface area contributed by atoms with Crippen molar-refractivity contribution in [2.75, 3.05) is 44.7 Å². The SMILES string of the molecule is CCCCOCC(=O)N1CCN(C(=O)c2ccc(Nc3nccc(-c4ccc(Cl)cc4)n3)cc2)CC1. The number of hydrogen-bond donors (Lipinski definition) is 1. The molecular weight excluding hydrogens is 478 g/mol. The number of amides is 2. The van der Waals surface area contributed by atoms with Gasteiger partial charge in [-0.05, 0) is 48.9 Å². The van der Waals surface area contributed by atoms with Crippen LogP contribution < -0.4 is 5.32 Å². The second kappa shape index (κ2) is 12.5. The van der Waals surface area contributed by atoms with Gasteiger partial charge in [0.15, 0.2) is 0 Å². The van der Waals surface area contributed by atoms with Gasteiger partial charge in [0.1, 0.15) is 6.61 Å². The van der Waals surface area contributed by atoms with E-state index in [0.717, 1.165) is 29.8 Å². The number of piperazine rings is 1. The number of rotatable bonds is 9. The number of nitrogens with one attached hydrogen (secondary N) is 1. The molecule has 2 amide bonds. The van der Waals surface area contributed by atoms with E-state index in [0.29, 0.717) is 49.3 Å². The van der Waals surface area contributed by atoms with Gasteiger partial charge in [-0.1, -0.05) is 37.1 Å². The zero-order valence-electron chi connectivity index (χ0n) is 20.3. The highest BCUT2D eigenvalue weighted by molar-refractivity contribution is 6.30. The second-order valence-corrected chi connectivity index (χ2v) is 8.99. The Morgan fingerprint density at radius 3 is 2.36 bits per heavy atom. The smallest absolute Gasteiger partial charge is 0.253 e. The Hall–Kier alpha value is -3.49. The number of halogens is 1. The summed E-state index contributed by atoms with van der Waals surface area (Å²) >= 11 is 5.97. The molecule has 0 atom stereocenters. The zero-order valence-corrected chi connectivity index (χ0v) is 21.1. The Labute approximate surface area is 216 Å². The van der Waals surface area contributed by atoms with E-state index >= 15 is 0 Å². The van der Waals surface area contributed by atoms with Gasteiger partial charge in [0.2, 0.25) is 11.9 Å². The van der Waals surface area contributed by atoms with Gasteiger partial charge in [-0.15, -0.1) is 0 Å². The number of aromatic nitrogens is 2. The van der Waals surface area contributed by atoms with Crippen molar-refractivity contribution in [2.45, 2.75) is 19.8 Å². The molecule has 1 saturated heterocycles. The van der Waals surface area contributed by atoms with Crippen molar-refractivity contribution >= 4 is 35.1 Å². The number of ether oxygens (including phenoxy) is 1. The Bertz CT molecular complexity index is 1160. The normalized spacial score (nSPS) is 13.5. The third-order valence-electron chi connectivity index (χ3n) is 5.97. The highest BCUT2D eigenvalue weighted by Crippen LogP contribution is 2.22. The molecule has 3 aromatic rings. The molecule has 4 rings (SSSR count). The minimum absolute atomic E-state index is 0.0176. The maximum absolute atomic E-state index is 13.0. The lowest BCUT2D eigenvalue weighted by Gasteiger charge is -2.34. The monoisotopic (exact) mass is 507 g/mol. The zero-order chi connectivity index (χ0) is 25.3. The number of unbranched alkanes of at least 4 members (excludes halogenated alkanes) is 1. The van der Waals surface area contributed by atoms with Crippen molar-refractivity contribution in [3.63, 3.8) is 0 Å². The van der Waals surface area contributed by atoms with Crippen molar-refractivity contribution in [3.05, 3.63) is 71.4 Å². The molecule has 9 heteroatoms. The summed E-state index contributed by atoms with van der Waals surface area (Å²) in [7, 11) is 0. The summed E-state index contributed by atoms with van der Waals surface area (Å²) in [5.41, 5.74) is 3.09. The van der Waals surface area contributed by atoms with Gasteiger partial charge in [-0.2, -0.15) is 0 Å². The van der Waals surface area contributed by atoms with Gasteiger partial charge in [-0.25, -0.2) is 9.97 Å². The lowest BCUT2D eigenvalue weighted by Crippen LogP contribution is -2.51. The van der Waals surface area contributed by atoms with Gasteiger partial charge < -0.3 is 19.9 Å². The number of benzene rings is 2. The number of carbonyl (C=O) groups excluding carboxylic acids is 2. The summed E-state index contributed by atoms with van der Waals surface area (Å²) in [6.07, 6.45) is 3.68. The maximum Gasteiger partial charge on any atom is 0.253 e. The third kappa shape index (κ3) is 6.80. The Kier molecular flexibility index (Phi) is 8.86. The Morgan fingerprint density at radius 2 is 1.67 bits per heavy atom. The molecule has 1 aromatic heterocycles. The molecule has 0 radical (unpaired) electrons. The summed E-state index contributed by atoms with van der Waals surface area (Å²) in [5.74, 6) is 0.394. The van der Waals surface area contributed by atoms with Gasteiger partial charge in [-0.3, -0.25) is 9.59 Å². The third-order valence-corrected chi connectivity index (χ3v) is 6.22. The van der Waals surface area contributed by atoms with Crippen LogP contribution in [0.2, 0.25) is 5.02 Å². The minimum Gasteiger partial charge on any atom is -0.372 e.